The Hall–Kier alpha value is -3.10. The van der Waals surface area contributed by atoms with E-state index in [0.29, 0.717) is 28.6 Å². The molecule has 2 aromatic carbocycles. The minimum Gasteiger partial charge on any atom is -0.493 e. The number of alkyl halides is 3. The summed E-state index contributed by atoms with van der Waals surface area (Å²) < 4.78 is 47.8. The summed E-state index contributed by atoms with van der Waals surface area (Å²) in [4.78, 5) is 12.1. The zero-order chi connectivity index (χ0) is 23.6. The number of methoxy groups -OCH3 is 1. The predicted octanol–water partition coefficient (Wildman–Crippen LogP) is 6.55. The maximum atomic E-state index is 12.2. The monoisotopic (exact) mass is 453 g/mol. The van der Waals surface area contributed by atoms with E-state index in [0.717, 1.165) is 12.8 Å². The number of rotatable bonds is 11. The summed E-state index contributed by atoms with van der Waals surface area (Å²) in [6.07, 6.45) is -3.25. The van der Waals surface area contributed by atoms with Crippen molar-refractivity contribution in [3.05, 3.63) is 42.5 Å². The van der Waals surface area contributed by atoms with Gasteiger partial charge in [-0.15, -0.1) is 0 Å². The lowest BCUT2D eigenvalue weighted by Crippen LogP contribution is -2.37. The topological polar surface area (TPSA) is 71.6 Å². The molecule has 0 unspecified atom stereocenters. The molecule has 2 aromatic rings. The van der Waals surface area contributed by atoms with Crippen LogP contribution in [0.3, 0.4) is 0 Å². The molecule has 32 heavy (non-hydrogen) atoms. The molecule has 6 nitrogen and oxygen atoms in total. The summed E-state index contributed by atoms with van der Waals surface area (Å²) >= 11 is 0. The first-order chi connectivity index (χ1) is 15.2. The highest BCUT2D eigenvalue weighted by Gasteiger charge is 2.25. The summed E-state index contributed by atoms with van der Waals surface area (Å²) in [6.45, 7) is 4.26. The van der Waals surface area contributed by atoms with Crippen LogP contribution >= 0.6 is 0 Å². The van der Waals surface area contributed by atoms with E-state index in [1.165, 1.54) is 7.11 Å². The Balaban J connectivity index is 1.94. The highest BCUT2D eigenvalue weighted by atomic mass is 19.4. The van der Waals surface area contributed by atoms with Crippen molar-refractivity contribution in [3.63, 3.8) is 0 Å². The van der Waals surface area contributed by atoms with E-state index < -0.39 is 12.6 Å². The highest BCUT2D eigenvalue weighted by molar-refractivity contribution is 5.89. The van der Waals surface area contributed by atoms with E-state index in [1.54, 1.807) is 42.5 Å². The molecule has 0 aliphatic rings. The van der Waals surface area contributed by atoms with Gasteiger partial charge in [-0.2, -0.15) is 13.2 Å². The second kappa shape index (κ2) is 12.1. The smallest absolute Gasteiger partial charge is 0.389 e. The zero-order valence-corrected chi connectivity index (χ0v) is 18.5. The molecule has 0 saturated carbocycles. The summed E-state index contributed by atoms with van der Waals surface area (Å²) in [6, 6.07) is 11.8. The summed E-state index contributed by atoms with van der Waals surface area (Å²) in [5.41, 5.74) is 1.27. The summed E-state index contributed by atoms with van der Waals surface area (Å²) in [5, 5.41) is 8.64. The maximum Gasteiger partial charge on any atom is 0.389 e. The standard InChI is InChI=1S/C23H30F3N3O3/c1-4-16(5-2)28-22(30)29-18-9-12-20(21(15-18)31-3)32-19-10-7-17(8-11-19)27-14-6-13-23(24,25)26/h7-12,15-16,27H,4-6,13-14H2,1-3H3,(H2,28,29,30). The Morgan fingerprint density at radius 3 is 2.25 bits per heavy atom. The van der Waals surface area contributed by atoms with Crippen LogP contribution in [-0.2, 0) is 0 Å². The van der Waals surface area contributed by atoms with Gasteiger partial charge in [-0.3, -0.25) is 0 Å². The van der Waals surface area contributed by atoms with Gasteiger partial charge < -0.3 is 25.4 Å². The van der Waals surface area contributed by atoms with Gasteiger partial charge in [-0.25, -0.2) is 4.79 Å². The third-order valence-electron chi connectivity index (χ3n) is 4.79. The van der Waals surface area contributed by atoms with Crippen LogP contribution in [0.2, 0.25) is 0 Å². The van der Waals surface area contributed by atoms with Gasteiger partial charge in [0.05, 0.1) is 7.11 Å². The molecule has 9 heteroatoms. The van der Waals surface area contributed by atoms with Crippen LogP contribution in [-0.4, -0.2) is 31.9 Å². The van der Waals surface area contributed by atoms with E-state index >= 15 is 0 Å². The van der Waals surface area contributed by atoms with Gasteiger partial charge >= 0.3 is 12.2 Å². The fraction of sp³-hybridized carbons (Fsp3) is 0.435. The fourth-order valence-corrected chi connectivity index (χ4v) is 2.96. The number of anilines is 2. The van der Waals surface area contributed by atoms with Crippen molar-refractivity contribution < 1.29 is 27.4 Å². The van der Waals surface area contributed by atoms with Gasteiger partial charge in [0.25, 0.3) is 0 Å². The Morgan fingerprint density at radius 2 is 1.66 bits per heavy atom. The average molecular weight is 454 g/mol. The molecule has 0 aliphatic carbocycles. The van der Waals surface area contributed by atoms with Crippen molar-refractivity contribution in [1.29, 1.82) is 0 Å². The lowest BCUT2D eigenvalue weighted by molar-refractivity contribution is -0.134. The molecule has 0 fully saturated rings. The Labute approximate surface area is 186 Å². The normalized spacial score (nSPS) is 11.2. The molecule has 0 radical (unpaired) electrons. The molecule has 0 heterocycles. The number of amides is 2. The van der Waals surface area contributed by atoms with Crippen LogP contribution in [0, 0.1) is 0 Å². The average Bonchev–Trinajstić information content (AvgIpc) is 2.76. The minimum atomic E-state index is -4.14. The fourth-order valence-electron chi connectivity index (χ4n) is 2.96. The molecule has 0 saturated heterocycles. The SMILES string of the molecule is CCC(CC)NC(=O)Nc1ccc(Oc2ccc(NCCCC(F)(F)F)cc2)c(OC)c1. The number of benzene rings is 2. The first-order valence-corrected chi connectivity index (χ1v) is 10.6. The third kappa shape index (κ3) is 8.56. The number of urea groups is 1. The van der Waals surface area contributed by atoms with Gasteiger partial charge in [0.15, 0.2) is 11.5 Å². The molecule has 0 bridgehead atoms. The number of ether oxygens (including phenoxy) is 2. The lowest BCUT2D eigenvalue weighted by Gasteiger charge is -2.16. The van der Waals surface area contributed by atoms with E-state index in [-0.39, 0.29) is 25.0 Å². The largest absolute Gasteiger partial charge is 0.493 e. The van der Waals surface area contributed by atoms with Crippen molar-refractivity contribution >= 4 is 17.4 Å². The number of carbonyl (C=O) groups is 1. The summed E-state index contributed by atoms with van der Waals surface area (Å²) in [5.74, 6) is 1.44. The highest BCUT2D eigenvalue weighted by Crippen LogP contribution is 2.34. The first-order valence-electron chi connectivity index (χ1n) is 10.6. The molecule has 2 rings (SSSR count). The predicted molar refractivity (Wildman–Crippen MR) is 120 cm³/mol. The number of carbonyl (C=O) groups excluding carboxylic acids is 1. The molecule has 2 amide bonds. The molecule has 0 spiro atoms. The number of hydrogen-bond donors (Lipinski definition) is 3. The van der Waals surface area contributed by atoms with Crippen LogP contribution in [0.25, 0.3) is 0 Å². The second-order valence-corrected chi connectivity index (χ2v) is 7.25. The molecular weight excluding hydrogens is 423 g/mol. The van der Waals surface area contributed by atoms with Gasteiger partial charge in [-0.1, -0.05) is 13.8 Å². The lowest BCUT2D eigenvalue weighted by atomic mass is 10.2. The molecule has 0 atom stereocenters. The molecule has 0 aromatic heterocycles. The van der Waals surface area contributed by atoms with Gasteiger partial charge in [-0.05, 0) is 55.7 Å². The molecule has 176 valence electrons. The number of halogens is 3. The van der Waals surface area contributed by atoms with Crippen LogP contribution in [0.15, 0.2) is 42.5 Å². The summed E-state index contributed by atoms with van der Waals surface area (Å²) in [7, 11) is 1.50. The van der Waals surface area contributed by atoms with Crippen LogP contribution in [0.4, 0.5) is 29.3 Å². The van der Waals surface area contributed by atoms with Gasteiger partial charge in [0.1, 0.15) is 5.75 Å². The molecule has 0 aliphatic heterocycles. The maximum absolute atomic E-state index is 12.2. The van der Waals surface area contributed by atoms with Gasteiger partial charge in [0.2, 0.25) is 0 Å². The Kier molecular flexibility index (Phi) is 9.49. The quantitative estimate of drug-likeness (QED) is 0.337. The van der Waals surface area contributed by atoms with Crippen LogP contribution in [0.5, 0.6) is 17.2 Å². The zero-order valence-electron chi connectivity index (χ0n) is 18.5. The van der Waals surface area contributed by atoms with Crippen molar-refractivity contribution in [1.82, 2.24) is 5.32 Å². The van der Waals surface area contributed by atoms with E-state index in [1.807, 2.05) is 13.8 Å². The second-order valence-electron chi connectivity index (χ2n) is 7.25. The number of hydrogen-bond acceptors (Lipinski definition) is 4. The third-order valence-corrected chi connectivity index (χ3v) is 4.79. The van der Waals surface area contributed by atoms with Crippen molar-refractivity contribution in [3.8, 4) is 17.2 Å². The van der Waals surface area contributed by atoms with Crippen molar-refractivity contribution in [2.45, 2.75) is 51.7 Å². The van der Waals surface area contributed by atoms with Crippen LogP contribution < -0.4 is 25.4 Å². The molecule has 3 N–H and O–H groups in total. The van der Waals surface area contributed by atoms with E-state index in [2.05, 4.69) is 16.0 Å². The van der Waals surface area contributed by atoms with E-state index in [9.17, 15) is 18.0 Å². The van der Waals surface area contributed by atoms with Crippen molar-refractivity contribution in [2.24, 2.45) is 0 Å². The minimum absolute atomic E-state index is 0.00883. The van der Waals surface area contributed by atoms with Gasteiger partial charge in [0, 0.05) is 36.4 Å². The number of nitrogens with one attached hydrogen (secondary N) is 3. The van der Waals surface area contributed by atoms with Crippen LogP contribution in [0.1, 0.15) is 39.5 Å². The van der Waals surface area contributed by atoms with E-state index in [4.69, 9.17) is 9.47 Å². The Morgan fingerprint density at radius 1 is 1.00 bits per heavy atom. The first kappa shape index (κ1) is 25.2. The Bertz CT molecular complexity index is 854. The van der Waals surface area contributed by atoms with Crippen molar-refractivity contribution in [2.75, 3.05) is 24.3 Å². The molecular formula is C23H30F3N3O3.